The molecule has 1 atom stereocenters. The van der Waals surface area contributed by atoms with E-state index in [0.717, 1.165) is 0 Å². The zero-order chi connectivity index (χ0) is 10.3. The summed E-state index contributed by atoms with van der Waals surface area (Å²) in [6.45, 7) is -0.562. The molecular weight excluding hydrogens is 200 g/mol. The van der Waals surface area contributed by atoms with E-state index in [1.54, 1.807) is 0 Å². The number of likely N-dealkylation sites (tertiary alicyclic amines) is 1. The van der Waals surface area contributed by atoms with Gasteiger partial charge in [0.15, 0.2) is 0 Å². The number of halogens is 6. The van der Waals surface area contributed by atoms with Crippen LogP contribution < -0.4 is 0 Å². The second kappa shape index (κ2) is 3.04. The van der Waals surface area contributed by atoms with Gasteiger partial charge in [-0.05, 0) is 12.8 Å². The largest absolute Gasteiger partial charge is 0.460 e. The second-order valence-electron chi connectivity index (χ2n) is 2.86. The Kier molecular flexibility index (Phi) is 2.48. The molecule has 1 nitrogen and oxygen atoms in total. The summed E-state index contributed by atoms with van der Waals surface area (Å²) in [5, 5.41) is 0. The predicted molar refractivity (Wildman–Crippen MR) is 31.8 cm³/mol. The van der Waals surface area contributed by atoms with Crippen molar-refractivity contribution < 1.29 is 26.3 Å². The first-order valence-corrected chi connectivity index (χ1v) is 3.63. The molecule has 1 unspecified atom stereocenters. The lowest BCUT2D eigenvalue weighted by atomic mass is 10.2. The average Bonchev–Trinajstić information content (AvgIpc) is 2.27. The maximum absolute atomic E-state index is 12.0. The zero-order valence-electron chi connectivity index (χ0n) is 6.41. The fourth-order valence-corrected chi connectivity index (χ4v) is 1.41. The van der Waals surface area contributed by atoms with E-state index in [9.17, 15) is 26.3 Å². The third-order valence-electron chi connectivity index (χ3n) is 1.96. The van der Waals surface area contributed by atoms with Gasteiger partial charge in [0.1, 0.15) is 6.04 Å². The molecule has 0 aliphatic carbocycles. The molecule has 0 aromatic carbocycles. The SMILES string of the molecule is FC(F)(F)C1CCCN1C(F)(F)F. The van der Waals surface area contributed by atoms with Crippen molar-refractivity contribution in [1.82, 2.24) is 4.90 Å². The van der Waals surface area contributed by atoms with Gasteiger partial charge in [0, 0.05) is 6.54 Å². The molecule has 1 aliphatic rings. The summed E-state index contributed by atoms with van der Waals surface area (Å²) in [5.41, 5.74) is 0. The maximum atomic E-state index is 12.0. The lowest BCUT2D eigenvalue weighted by Crippen LogP contribution is -2.48. The first-order chi connectivity index (χ1) is 5.73. The van der Waals surface area contributed by atoms with Crippen LogP contribution in [0.25, 0.3) is 0 Å². The summed E-state index contributed by atoms with van der Waals surface area (Å²) in [5.74, 6) is 0. The Morgan fingerprint density at radius 2 is 1.54 bits per heavy atom. The molecule has 13 heavy (non-hydrogen) atoms. The van der Waals surface area contributed by atoms with Gasteiger partial charge in [0.2, 0.25) is 0 Å². The summed E-state index contributed by atoms with van der Waals surface area (Å²) in [7, 11) is 0. The summed E-state index contributed by atoms with van der Waals surface area (Å²) in [6.07, 6.45) is -10.2. The third-order valence-corrected chi connectivity index (χ3v) is 1.96. The molecule has 1 saturated heterocycles. The predicted octanol–water partition coefficient (Wildman–Crippen LogP) is 2.53. The summed E-state index contributed by atoms with van der Waals surface area (Å²) in [6, 6.07) is -2.35. The monoisotopic (exact) mass is 207 g/mol. The van der Waals surface area contributed by atoms with E-state index in [0.29, 0.717) is 0 Å². The highest BCUT2D eigenvalue weighted by Gasteiger charge is 2.54. The minimum atomic E-state index is -4.88. The van der Waals surface area contributed by atoms with Crippen LogP contribution in [0.1, 0.15) is 12.8 Å². The second-order valence-corrected chi connectivity index (χ2v) is 2.86. The van der Waals surface area contributed by atoms with Gasteiger partial charge in [-0.25, -0.2) is 4.90 Å². The van der Waals surface area contributed by atoms with Crippen molar-refractivity contribution in [2.24, 2.45) is 0 Å². The molecule has 0 radical (unpaired) electrons. The number of rotatable bonds is 0. The standard InChI is InChI=1S/C6H7F6N/c7-5(8,9)4-2-1-3-13(4)6(10,11)12/h4H,1-3H2. The van der Waals surface area contributed by atoms with Crippen LogP contribution in [0, 0.1) is 0 Å². The van der Waals surface area contributed by atoms with Gasteiger partial charge in [-0.1, -0.05) is 0 Å². The van der Waals surface area contributed by atoms with E-state index >= 15 is 0 Å². The third kappa shape index (κ3) is 2.26. The van der Waals surface area contributed by atoms with E-state index in [-0.39, 0.29) is 6.42 Å². The normalized spacial score (nSPS) is 26.8. The average molecular weight is 207 g/mol. The summed E-state index contributed by atoms with van der Waals surface area (Å²) in [4.78, 5) is -0.451. The van der Waals surface area contributed by atoms with Crippen molar-refractivity contribution in [3.05, 3.63) is 0 Å². The smallest absolute Gasteiger partial charge is 0.202 e. The van der Waals surface area contributed by atoms with Crippen LogP contribution in [-0.4, -0.2) is 30.0 Å². The minimum Gasteiger partial charge on any atom is -0.202 e. The van der Waals surface area contributed by atoms with Crippen LogP contribution in [0.2, 0.25) is 0 Å². The van der Waals surface area contributed by atoms with E-state index < -0.39 is 36.4 Å². The molecule has 1 aliphatic heterocycles. The highest BCUT2D eigenvalue weighted by molar-refractivity contribution is 4.86. The Morgan fingerprint density at radius 3 is 1.85 bits per heavy atom. The molecule has 0 saturated carbocycles. The van der Waals surface area contributed by atoms with E-state index in [1.165, 1.54) is 0 Å². The maximum Gasteiger partial charge on any atom is 0.460 e. The van der Waals surface area contributed by atoms with Crippen molar-refractivity contribution in [1.29, 1.82) is 0 Å². The molecule has 0 bridgehead atoms. The van der Waals surface area contributed by atoms with Gasteiger partial charge in [0.25, 0.3) is 0 Å². The quantitative estimate of drug-likeness (QED) is 0.435. The number of alkyl halides is 6. The van der Waals surface area contributed by atoms with E-state index in [4.69, 9.17) is 0 Å². The van der Waals surface area contributed by atoms with Crippen molar-refractivity contribution in [2.45, 2.75) is 31.4 Å². The van der Waals surface area contributed by atoms with Crippen molar-refractivity contribution >= 4 is 0 Å². The first kappa shape index (κ1) is 10.6. The molecule has 78 valence electrons. The molecule has 0 amide bonds. The van der Waals surface area contributed by atoms with Crippen LogP contribution in [-0.2, 0) is 0 Å². The molecule has 0 N–H and O–H groups in total. The Balaban J connectivity index is 2.76. The highest BCUT2D eigenvalue weighted by atomic mass is 19.4. The van der Waals surface area contributed by atoms with Crippen molar-refractivity contribution in [3.8, 4) is 0 Å². The summed E-state index contributed by atoms with van der Waals surface area (Å²) < 4.78 is 71.9. The van der Waals surface area contributed by atoms with Crippen LogP contribution in [0.5, 0.6) is 0 Å². The Hall–Kier alpha value is -0.460. The first-order valence-electron chi connectivity index (χ1n) is 3.63. The van der Waals surface area contributed by atoms with Crippen molar-refractivity contribution in [3.63, 3.8) is 0 Å². The lowest BCUT2D eigenvalue weighted by molar-refractivity contribution is -0.289. The highest BCUT2D eigenvalue weighted by Crippen LogP contribution is 2.38. The van der Waals surface area contributed by atoms with Crippen LogP contribution in [0.15, 0.2) is 0 Å². The molecule has 7 heteroatoms. The fourth-order valence-electron chi connectivity index (χ4n) is 1.41. The Labute approximate surface area is 70.3 Å². The number of nitrogens with zero attached hydrogens (tertiary/aromatic N) is 1. The van der Waals surface area contributed by atoms with Crippen LogP contribution >= 0.6 is 0 Å². The molecule has 1 heterocycles. The van der Waals surface area contributed by atoms with Gasteiger partial charge < -0.3 is 0 Å². The Morgan fingerprint density at radius 1 is 1.00 bits per heavy atom. The molecular formula is C6H7F6N. The van der Waals surface area contributed by atoms with Crippen LogP contribution in [0.3, 0.4) is 0 Å². The van der Waals surface area contributed by atoms with Crippen molar-refractivity contribution in [2.75, 3.05) is 6.54 Å². The van der Waals surface area contributed by atoms with Gasteiger partial charge in [-0.2, -0.15) is 26.3 Å². The molecule has 0 spiro atoms. The number of hydrogen-bond acceptors (Lipinski definition) is 1. The van der Waals surface area contributed by atoms with Crippen LogP contribution in [0.4, 0.5) is 26.3 Å². The molecule has 0 aromatic heterocycles. The molecule has 0 aromatic rings. The van der Waals surface area contributed by atoms with Gasteiger partial charge >= 0.3 is 12.5 Å². The van der Waals surface area contributed by atoms with Gasteiger partial charge in [0.05, 0.1) is 0 Å². The zero-order valence-corrected chi connectivity index (χ0v) is 6.41. The Bertz CT molecular complexity index is 163. The summed E-state index contributed by atoms with van der Waals surface area (Å²) >= 11 is 0. The topological polar surface area (TPSA) is 3.24 Å². The molecule has 1 rings (SSSR count). The number of hydrogen-bond donors (Lipinski definition) is 0. The van der Waals surface area contributed by atoms with E-state index in [2.05, 4.69) is 0 Å². The fraction of sp³-hybridized carbons (Fsp3) is 1.00. The van der Waals surface area contributed by atoms with Gasteiger partial charge in [-0.15, -0.1) is 0 Å². The van der Waals surface area contributed by atoms with Gasteiger partial charge in [-0.3, -0.25) is 0 Å². The molecule has 1 fully saturated rings. The lowest BCUT2D eigenvalue weighted by Gasteiger charge is -2.27. The van der Waals surface area contributed by atoms with E-state index in [1.807, 2.05) is 0 Å². The minimum absolute atomic E-state index is 0.0658.